The van der Waals surface area contributed by atoms with Gasteiger partial charge in [0, 0.05) is 9.50 Å². The third-order valence-electron chi connectivity index (χ3n) is 2.83. The van der Waals surface area contributed by atoms with Gasteiger partial charge in [0.25, 0.3) is 0 Å². The molecule has 0 radical (unpaired) electrons. The van der Waals surface area contributed by atoms with Crippen molar-refractivity contribution < 1.29 is 4.39 Å². The Morgan fingerprint density at radius 1 is 1.22 bits per heavy atom. The lowest BCUT2D eigenvalue weighted by Gasteiger charge is -2.15. The fourth-order valence-corrected chi connectivity index (χ4v) is 2.28. The van der Waals surface area contributed by atoms with Gasteiger partial charge in [0.2, 0.25) is 0 Å². The van der Waals surface area contributed by atoms with E-state index in [0.717, 1.165) is 15.6 Å². The van der Waals surface area contributed by atoms with Crippen LogP contribution < -0.4 is 5.73 Å². The van der Waals surface area contributed by atoms with Gasteiger partial charge in [-0.1, -0.05) is 39.7 Å². The van der Waals surface area contributed by atoms with Crippen molar-refractivity contribution in [3.8, 4) is 0 Å². The molecule has 0 saturated heterocycles. The summed E-state index contributed by atoms with van der Waals surface area (Å²) in [5.74, 6) is -0.335. The Morgan fingerprint density at radius 3 is 2.61 bits per heavy atom. The van der Waals surface area contributed by atoms with Gasteiger partial charge in [-0.05, 0) is 47.9 Å². The van der Waals surface area contributed by atoms with E-state index in [1.54, 1.807) is 0 Å². The summed E-state index contributed by atoms with van der Waals surface area (Å²) in [5, 5.41) is 0.476. The van der Waals surface area contributed by atoms with E-state index in [1.165, 1.54) is 18.2 Å². The standard InChI is InChI=1S/C14H12BrClFN/c1-8-6-9(2-4-12(8)15)14(18)11-7-10(17)3-5-13(11)16/h2-7,14H,18H2,1H3. The first-order chi connectivity index (χ1) is 8.49. The maximum Gasteiger partial charge on any atom is 0.123 e. The second-order valence-corrected chi connectivity index (χ2v) is 5.41. The van der Waals surface area contributed by atoms with Crippen LogP contribution in [0.3, 0.4) is 0 Å². The molecule has 2 aromatic rings. The van der Waals surface area contributed by atoms with Crippen LogP contribution in [-0.4, -0.2) is 0 Å². The lowest BCUT2D eigenvalue weighted by atomic mass is 9.98. The number of nitrogens with two attached hydrogens (primary N) is 1. The van der Waals surface area contributed by atoms with Gasteiger partial charge in [-0.15, -0.1) is 0 Å². The Bertz CT molecular complexity index is 586. The molecule has 0 spiro atoms. The largest absolute Gasteiger partial charge is 0.320 e. The molecule has 0 amide bonds. The van der Waals surface area contributed by atoms with Crippen LogP contribution in [0.2, 0.25) is 5.02 Å². The lowest BCUT2D eigenvalue weighted by molar-refractivity contribution is 0.623. The average Bonchev–Trinajstić information content (AvgIpc) is 2.35. The number of hydrogen-bond acceptors (Lipinski definition) is 1. The number of rotatable bonds is 2. The maximum atomic E-state index is 13.2. The van der Waals surface area contributed by atoms with E-state index < -0.39 is 6.04 Å². The highest BCUT2D eigenvalue weighted by molar-refractivity contribution is 9.10. The van der Waals surface area contributed by atoms with Crippen molar-refractivity contribution >= 4 is 27.5 Å². The minimum absolute atomic E-state index is 0.335. The molecule has 2 aromatic carbocycles. The molecule has 1 unspecified atom stereocenters. The van der Waals surface area contributed by atoms with Gasteiger partial charge < -0.3 is 5.73 Å². The molecule has 0 aliphatic rings. The van der Waals surface area contributed by atoms with E-state index in [9.17, 15) is 4.39 Å². The molecule has 2 rings (SSSR count). The zero-order chi connectivity index (χ0) is 13.3. The summed E-state index contributed by atoms with van der Waals surface area (Å²) in [6, 6.07) is 9.60. The van der Waals surface area contributed by atoms with Crippen molar-refractivity contribution in [3.63, 3.8) is 0 Å². The molecule has 18 heavy (non-hydrogen) atoms. The van der Waals surface area contributed by atoms with Gasteiger partial charge in [-0.25, -0.2) is 4.39 Å². The van der Waals surface area contributed by atoms with Gasteiger partial charge in [-0.2, -0.15) is 0 Å². The third-order valence-corrected chi connectivity index (χ3v) is 4.07. The van der Waals surface area contributed by atoms with E-state index in [-0.39, 0.29) is 5.82 Å². The quantitative estimate of drug-likeness (QED) is 0.856. The van der Waals surface area contributed by atoms with Crippen LogP contribution in [-0.2, 0) is 0 Å². The normalized spacial score (nSPS) is 12.5. The van der Waals surface area contributed by atoms with Crippen molar-refractivity contribution in [2.45, 2.75) is 13.0 Å². The minimum atomic E-state index is -0.431. The summed E-state index contributed by atoms with van der Waals surface area (Å²) in [6.45, 7) is 1.98. The van der Waals surface area contributed by atoms with E-state index in [0.29, 0.717) is 10.6 Å². The first-order valence-corrected chi connectivity index (χ1v) is 6.62. The summed E-state index contributed by atoms with van der Waals surface area (Å²) in [6.07, 6.45) is 0. The summed E-state index contributed by atoms with van der Waals surface area (Å²) in [7, 11) is 0. The highest BCUT2D eigenvalue weighted by Crippen LogP contribution is 2.29. The fraction of sp³-hybridized carbons (Fsp3) is 0.143. The third kappa shape index (κ3) is 2.74. The summed E-state index contributed by atoms with van der Waals surface area (Å²) in [5.41, 5.74) is 8.72. The molecular weight excluding hydrogens is 317 g/mol. The van der Waals surface area contributed by atoms with E-state index in [1.807, 2.05) is 25.1 Å². The molecule has 0 aliphatic carbocycles. The Hall–Kier alpha value is -0.900. The predicted molar refractivity (Wildman–Crippen MR) is 76.3 cm³/mol. The fourth-order valence-electron chi connectivity index (χ4n) is 1.79. The topological polar surface area (TPSA) is 26.0 Å². The molecule has 94 valence electrons. The minimum Gasteiger partial charge on any atom is -0.320 e. The number of benzene rings is 2. The molecule has 0 heterocycles. The van der Waals surface area contributed by atoms with Gasteiger partial charge in [0.15, 0.2) is 0 Å². The maximum absolute atomic E-state index is 13.2. The average molecular weight is 329 g/mol. The van der Waals surface area contributed by atoms with Gasteiger partial charge >= 0.3 is 0 Å². The van der Waals surface area contributed by atoms with Gasteiger partial charge in [0.1, 0.15) is 5.82 Å². The van der Waals surface area contributed by atoms with E-state index in [4.69, 9.17) is 17.3 Å². The van der Waals surface area contributed by atoms with Crippen molar-refractivity contribution in [2.75, 3.05) is 0 Å². The molecule has 1 atom stereocenters. The molecule has 0 aromatic heterocycles. The van der Waals surface area contributed by atoms with Crippen molar-refractivity contribution in [3.05, 3.63) is 68.4 Å². The number of halogens is 3. The van der Waals surface area contributed by atoms with Crippen LogP contribution in [0, 0.1) is 12.7 Å². The Balaban J connectivity index is 2.44. The van der Waals surface area contributed by atoms with Gasteiger partial charge in [0.05, 0.1) is 6.04 Å². The number of hydrogen-bond donors (Lipinski definition) is 1. The molecule has 0 saturated carbocycles. The Labute approximate surface area is 119 Å². The van der Waals surface area contributed by atoms with Crippen LogP contribution in [0.5, 0.6) is 0 Å². The monoisotopic (exact) mass is 327 g/mol. The van der Waals surface area contributed by atoms with E-state index in [2.05, 4.69) is 15.9 Å². The SMILES string of the molecule is Cc1cc(C(N)c2cc(F)ccc2Cl)ccc1Br. The molecule has 2 N–H and O–H groups in total. The van der Waals surface area contributed by atoms with Crippen molar-refractivity contribution in [1.82, 2.24) is 0 Å². The van der Waals surface area contributed by atoms with Crippen LogP contribution in [0.15, 0.2) is 40.9 Å². The summed E-state index contributed by atoms with van der Waals surface area (Å²) < 4.78 is 14.3. The molecule has 1 nitrogen and oxygen atoms in total. The molecule has 0 aliphatic heterocycles. The zero-order valence-electron chi connectivity index (χ0n) is 9.75. The highest BCUT2D eigenvalue weighted by atomic mass is 79.9. The van der Waals surface area contributed by atoms with Crippen LogP contribution in [0.25, 0.3) is 0 Å². The lowest BCUT2D eigenvalue weighted by Crippen LogP contribution is -2.13. The molecular formula is C14H12BrClFN. The second kappa shape index (κ2) is 5.39. The molecule has 4 heteroatoms. The predicted octanol–water partition coefficient (Wildman–Crippen LogP) is 4.60. The highest BCUT2D eigenvalue weighted by Gasteiger charge is 2.14. The van der Waals surface area contributed by atoms with Crippen molar-refractivity contribution in [2.24, 2.45) is 5.73 Å². The Morgan fingerprint density at radius 2 is 1.94 bits per heavy atom. The van der Waals surface area contributed by atoms with Crippen LogP contribution in [0.4, 0.5) is 4.39 Å². The van der Waals surface area contributed by atoms with E-state index >= 15 is 0 Å². The smallest absolute Gasteiger partial charge is 0.123 e. The number of aryl methyl sites for hydroxylation is 1. The second-order valence-electron chi connectivity index (χ2n) is 4.15. The summed E-state index contributed by atoms with van der Waals surface area (Å²) in [4.78, 5) is 0. The van der Waals surface area contributed by atoms with Crippen LogP contribution >= 0.6 is 27.5 Å². The first kappa shape index (κ1) is 13.5. The first-order valence-electron chi connectivity index (χ1n) is 5.45. The summed E-state index contributed by atoms with van der Waals surface area (Å²) >= 11 is 9.49. The van der Waals surface area contributed by atoms with Crippen LogP contribution in [0.1, 0.15) is 22.7 Å². The molecule has 0 bridgehead atoms. The van der Waals surface area contributed by atoms with Crippen molar-refractivity contribution in [1.29, 1.82) is 0 Å². The molecule has 0 fully saturated rings. The Kier molecular flexibility index (Phi) is 4.05. The zero-order valence-corrected chi connectivity index (χ0v) is 12.1. The van der Waals surface area contributed by atoms with Gasteiger partial charge in [-0.3, -0.25) is 0 Å².